The molecule has 0 unspecified atom stereocenters. The summed E-state index contributed by atoms with van der Waals surface area (Å²) in [6.45, 7) is 3.82. The maximum atomic E-state index is 10.3. The van der Waals surface area contributed by atoms with E-state index >= 15 is 0 Å². The van der Waals surface area contributed by atoms with E-state index in [1.807, 2.05) is 0 Å². The third kappa shape index (κ3) is 14.9. The molecule has 0 aliphatic rings. The van der Waals surface area contributed by atoms with E-state index in [2.05, 4.69) is 11.1 Å². The average molecular weight is 261 g/mol. The molecule has 0 rings (SSSR count). The second-order valence-corrected chi connectivity index (χ2v) is 4.94. The van der Waals surface area contributed by atoms with E-state index in [0.717, 1.165) is 12.8 Å². The summed E-state index contributed by atoms with van der Waals surface area (Å²) in [5.74, 6) is 0. The second-order valence-electron chi connectivity index (χ2n) is 3.89. The van der Waals surface area contributed by atoms with Crippen LogP contribution in [0.1, 0.15) is 58.8 Å². The number of hydrogen-bond donors (Lipinski definition) is 1. The Balaban J connectivity index is 0. The zero-order valence-electron chi connectivity index (χ0n) is 10.6. The molecule has 1 radical (unpaired) electrons. The van der Waals surface area contributed by atoms with E-state index in [9.17, 15) is 8.42 Å². The monoisotopic (exact) mass is 261 g/mol. The van der Waals surface area contributed by atoms with Gasteiger partial charge in [-0.05, 0) is 13.3 Å². The molecule has 1 atom stereocenters. The Morgan fingerprint density at radius 3 is 2.12 bits per heavy atom. The predicted molar refractivity (Wildman–Crippen MR) is 65.8 cm³/mol. The van der Waals surface area contributed by atoms with E-state index in [1.54, 1.807) is 6.92 Å². The molecule has 0 bridgehead atoms. The van der Waals surface area contributed by atoms with Gasteiger partial charge in [0.2, 0.25) is 0 Å². The molecule has 4 nitrogen and oxygen atoms in total. The summed E-state index contributed by atoms with van der Waals surface area (Å²) < 4.78 is 33.5. The molecule has 0 saturated carbocycles. The van der Waals surface area contributed by atoms with Gasteiger partial charge in [-0.25, -0.2) is 4.18 Å². The first-order chi connectivity index (χ1) is 6.95. The first-order valence-electron chi connectivity index (χ1n) is 5.61. The van der Waals surface area contributed by atoms with E-state index in [4.69, 9.17) is 4.55 Å². The Bertz CT molecular complexity index is 241. The second kappa shape index (κ2) is 11.0. The van der Waals surface area contributed by atoms with Crippen molar-refractivity contribution >= 4 is 40.0 Å². The molecular weight excluding hydrogens is 239 g/mol. The van der Waals surface area contributed by atoms with Crippen LogP contribution < -0.4 is 0 Å². The van der Waals surface area contributed by atoms with Crippen molar-refractivity contribution in [1.82, 2.24) is 0 Å². The summed E-state index contributed by atoms with van der Waals surface area (Å²) >= 11 is 0. The van der Waals surface area contributed by atoms with Crippen molar-refractivity contribution in [3.8, 4) is 0 Å². The summed E-state index contributed by atoms with van der Waals surface area (Å²) in [6.07, 6.45) is 7.20. The van der Waals surface area contributed by atoms with Crippen molar-refractivity contribution in [3.05, 3.63) is 0 Å². The van der Waals surface area contributed by atoms with E-state index in [-0.39, 0.29) is 29.6 Å². The Morgan fingerprint density at radius 1 is 1.12 bits per heavy atom. The van der Waals surface area contributed by atoms with Crippen molar-refractivity contribution in [1.29, 1.82) is 0 Å². The van der Waals surface area contributed by atoms with Crippen molar-refractivity contribution in [3.63, 3.8) is 0 Å². The van der Waals surface area contributed by atoms with E-state index < -0.39 is 16.5 Å². The number of unbranched alkanes of at least 4 members (excludes halogenated alkanes) is 5. The van der Waals surface area contributed by atoms with Crippen LogP contribution in [0.3, 0.4) is 0 Å². The van der Waals surface area contributed by atoms with Crippen molar-refractivity contribution < 1.29 is 17.2 Å². The standard InChI is InChI=1S/C10H22O4S.Na/c1-3-4-5-6-7-8-9-10(2)14-15(11,12)13;/h10H,3-9H2,1-2H3,(H,11,12,13);/t10-;/m1./s1. The molecule has 0 amide bonds. The molecule has 93 valence electrons. The Labute approximate surface area is 121 Å². The zero-order valence-corrected chi connectivity index (χ0v) is 13.4. The minimum atomic E-state index is -4.27. The van der Waals surface area contributed by atoms with Gasteiger partial charge in [0.25, 0.3) is 0 Å². The number of rotatable bonds is 9. The van der Waals surface area contributed by atoms with Gasteiger partial charge < -0.3 is 0 Å². The zero-order chi connectivity index (χ0) is 11.7. The van der Waals surface area contributed by atoms with Crippen LogP contribution in [-0.4, -0.2) is 48.6 Å². The van der Waals surface area contributed by atoms with Crippen LogP contribution in [0, 0.1) is 0 Å². The normalized spacial score (nSPS) is 13.2. The minimum Gasteiger partial charge on any atom is -0.264 e. The SMILES string of the molecule is CCCCCCCC[C@@H](C)OS(=O)(=O)O.[Na]. The predicted octanol–water partition coefficient (Wildman–Crippen LogP) is 2.56. The molecule has 0 heterocycles. The molecule has 0 aliphatic carbocycles. The van der Waals surface area contributed by atoms with Crippen LogP contribution in [0.15, 0.2) is 0 Å². The van der Waals surface area contributed by atoms with Gasteiger partial charge in [-0.1, -0.05) is 45.4 Å². The Kier molecular flexibility index (Phi) is 13.2. The van der Waals surface area contributed by atoms with Gasteiger partial charge in [0.15, 0.2) is 0 Å². The van der Waals surface area contributed by atoms with Crippen LogP contribution in [0.2, 0.25) is 0 Å². The average Bonchev–Trinajstić information content (AvgIpc) is 2.08. The van der Waals surface area contributed by atoms with Crippen LogP contribution >= 0.6 is 0 Å². The van der Waals surface area contributed by atoms with Gasteiger partial charge in [0, 0.05) is 29.6 Å². The number of hydrogen-bond acceptors (Lipinski definition) is 3. The summed E-state index contributed by atoms with van der Waals surface area (Å²) in [5, 5.41) is 0. The van der Waals surface area contributed by atoms with Gasteiger partial charge in [-0.15, -0.1) is 0 Å². The molecule has 0 spiro atoms. The maximum absolute atomic E-state index is 10.3. The quantitative estimate of drug-likeness (QED) is 0.393. The molecule has 0 aliphatic heterocycles. The van der Waals surface area contributed by atoms with Gasteiger partial charge in [-0.2, -0.15) is 8.42 Å². The topological polar surface area (TPSA) is 63.6 Å². The summed E-state index contributed by atoms with van der Waals surface area (Å²) in [7, 11) is -4.27. The molecule has 0 aromatic carbocycles. The van der Waals surface area contributed by atoms with Gasteiger partial charge >= 0.3 is 10.4 Å². The Morgan fingerprint density at radius 2 is 1.62 bits per heavy atom. The van der Waals surface area contributed by atoms with Crippen molar-refractivity contribution in [2.75, 3.05) is 0 Å². The fourth-order valence-electron chi connectivity index (χ4n) is 1.47. The Hall–Kier alpha value is 0.870. The summed E-state index contributed by atoms with van der Waals surface area (Å²) in [5.41, 5.74) is 0. The third-order valence-corrected chi connectivity index (χ3v) is 2.82. The molecule has 0 fully saturated rings. The molecule has 1 N–H and O–H groups in total. The molecular formula is C10H22NaO4S. The van der Waals surface area contributed by atoms with Crippen LogP contribution in [0.5, 0.6) is 0 Å². The maximum Gasteiger partial charge on any atom is 0.397 e. The van der Waals surface area contributed by atoms with E-state index in [0.29, 0.717) is 6.42 Å². The summed E-state index contributed by atoms with van der Waals surface area (Å²) in [4.78, 5) is 0. The molecule has 6 heteroatoms. The minimum absolute atomic E-state index is 0. The van der Waals surface area contributed by atoms with Gasteiger partial charge in [0.05, 0.1) is 6.10 Å². The van der Waals surface area contributed by atoms with Crippen LogP contribution in [0.4, 0.5) is 0 Å². The first kappa shape index (κ1) is 19.2. The fraction of sp³-hybridized carbons (Fsp3) is 1.00. The van der Waals surface area contributed by atoms with E-state index in [1.165, 1.54) is 25.7 Å². The van der Waals surface area contributed by atoms with Gasteiger partial charge in [0.1, 0.15) is 0 Å². The third-order valence-electron chi connectivity index (χ3n) is 2.25. The smallest absolute Gasteiger partial charge is 0.264 e. The van der Waals surface area contributed by atoms with Gasteiger partial charge in [-0.3, -0.25) is 4.55 Å². The largest absolute Gasteiger partial charge is 0.397 e. The molecule has 16 heavy (non-hydrogen) atoms. The van der Waals surface area contributed by atoms with Crippen LogP contribution in [0.25, 0.3) is 0 Å². The molecule has 0 aromatic rings. The first-order valence-corrected chi connectivity index (χ1v) is 6.98. The molecule has 0 aromatic heterocycles. The fourth-order valence-corrected chi connectivity index (χ4v) is 1.98. The van der Waals surface area contributed by atoms with Crippen molar-refractivity contribution in [2.45, 2.75) is 64.9 Å². The van der Waals surface area contributed by atoms with Crippen LogP contribution in [-0.2, 0) is 14.6 Å². The summed E-state index contributed by atoms with van der Waals surface area (Å²) in [6, 6.07) is 0. The van der Waals surface area contributed by atoms with Crippen molar-refractivity contribution in [2.24, 2.45) is 0 Å². The molecule has 0 saturated heterocycles.